The zero-order chi connectivity index (χ0) is 16.4. The summed E-state index contributed by atoms with van der Waals surface area (Å²) < 4.78 is 0. The molecule has 0 fully saturated rings. The van der Waals surface area contributed by atoms with Crippen LogP contribution in [-0.2, 0) is 6.42 Å². The van der Waals surface area contributed by atoms with Crippen molar-refractivity contribution in [3.8, 4) is 0 Å². The number of amides is 1. The van der Waals surface area contributed by atoms with Gasteiger partial charge in [0.25, 0.3) is 5.91 Å². The zero-order valence-corrected chi connectivity index (χ0v) is 13.8. The maximum atomic E-state index is 12.8. The number of benzene rings is 2. The van der Waals surface area contributed by atoms with Crippen LogP contribution in [0.2, 0.25) is 5.02 Å². The second-order valence-electron chi connectivity index (χ2n) is 5.39. The molecule has 0 saturated carbocycles. The first kappa shape index (κ1) is 15.5. The molecule has 0 radical (unpaired) electrons. The number of halogens is 1. The number of hydrogen-bond acceptors (Lipinski definition) is 2. The fourth-order valence-electron chi connectivity index (χ4n) is 2.75. The molecule has 3 rings (SSSR count). The van der Waals surface area contributed by atoms with Gasteiger partial charge in [0.1, 0.15) is 0 Å². The summed E-state index contributed by atoms with van der Waals surface area (Å²) in [5.74, 6) is -0.141. The van der Waals surface area contributed by atoms with Crippen LogP contribution in [0.15, 0.2) is 48.5 Å². The van der Waals surface area contributed by atoms with Crippen molar-refractivity contribution in [3.63, 3.8) is 0 Å². The highest BCUT2D eigenvalue weighted by molar-refractivity contribution is 6.31. The number of hydrogen-bond donors (Lipinski definition) is 1. The molecule has 0 spiro atoms. The normalized spacial score (nSPS) is 10.7. The maximum Gasteiger partial charge on any atom is 0.256 e. The third-order valence-corrected chi connectivity index (χ3v) is 4.12. The number of carbonyl (C=O) groups excluding carboxylic acids is 1. The lowest BCUT2D eigenvalue weighted by atomic mass is 9.99. The Kier molecular flexibility index (Phi) is 4.30. The van der Waals surface area contributed by atoms with Gasteiger partial charge in [-0.15, -0.1) is 0 Å². The fourth-order valence-corrected chi connectivity index (χ4v) is 2.95. The van der Waals surface area contributed by atoms with E-state index in [4.69, 9.17) is 11.6 Å². The van der Waals surface area contributed by atoms with Crippen LogP contribution in [0.25, 0.3) is 10.9 Å². The molecule has 0 aliphatic carbocycles. The molecule has 3 aromatic rings. The van der Waals surface area contributed by atoms with E-state index >= 15 is 0 Å². The van der Waals surface area contributed by atoms with Crippen molar-refractivity contribution in [2.24, 2.45) is 0 Å². The average molecular weight is 325 g/mol. The summed E-state index contributed by atoms with van der Waals surface area (Å²) in [6.07, 6.45) is 0.786. The number of rotatable bonds is 3. The lowest BCUT2D eigenvalue weighted by molar-refractivity contribution is 0.102. The van der Waals surface area contributed by atoms with Crippen LogP contribution in [-0.4, -0.2) is 10.9 Å². The van der Waals surface area contributed by atoms with Gasteiger partial charge in [-0.05, 0) is 43.2 Å². The lowest BCUT2D eigenvalue weighted by Crippen LogP contribution is -2.15. The van der Waals surface area contributed by atoms with Gasteiger partial charge in [-0.3, -0.25) is 9.78 Å². The molecule has 1 aromatic heterocycles. The number of nitrogens with one attached hydrogen (secondary N) is 1. The Hall–Kier alpha value is -2.39. The summed E-state index contributed by atoms with van der Waals surface area (Å²) in [5.41, 5.74) is 4.06. The second kappa shape index (κ2) is 6.39. The molecule has 0 aliphatic heterocycles. The van der Waals surface area contributed by atoms with Gasteiger partial charge in [-0.2, -0.15) is 0 Å². The summed E-state index contributed by atoms with van der Waals surface area (Å²) >= 11 is 5.99. The summed E-state index contributed by atoms with van der Waals surface area (Å²) in [5, 5.41) is 4.39. The first-order chi connectivity index (χ1) is 11.1. The highest BCUT2D eigenvalue weighted by Crippen LogP contribution is 2.25. The van der Waals surface area contributed by atoms with Crippen LogP contribution < -0.4 is 5.32 Å². The number of aromatic nitrogens is 1. The first-order valence-electron chi connectivity index (χ1n) is 7.55. The predicted molar refractivity (Wildman–Crippen MR) is 95.3 cm³/mol. The minimum atomic E-state index is -0.141. The highest BCUT2D eigenvalue weighted by Gasteiger charge is 2.17. The smallest absolute Gasteiger partial charge is 0.256 e. The minimum absolute atomic E-state index is 0.141. The third-order valence-electron chi connectivity index (χ3n) is 3.88. The van der Waals surface area contributed by atoms with Crippen LogP contribution >= 0.6 is 11.6 Å². The van der Waals surface area contributed by atoms with Crippen molar-refractivity contribution in [1.82, 2.24) is 4.98 Å². The molecule has 0 unspecified atom stereocenters. The number of pyridine rings is 1. The van der Waals surface area contributed by atoms with Crippen molar-refractivity contribution in [2.45, 2.75) is 20.3 Å². The molecule has 1 amide bonds. The van der Waals surface area contributed by atoms with E-state index in [9.17, 15) is 4.79 Å². The number of anilines is 1. The largest absolute Gasteiger partial charge is 0.322 e. The molecule has 1 N–H and O–H groups in total. The fraction of sp³-hybridized carbons (Fsp3) is 0.158. The molecule has 0 saturated heterocycles. The van der Waals surface area contributed by atoms with E-state index in [0.29, 0.717) is 16.3 Å². The van der Waals surface area contributed by atoms with E-state index < -0.39 is 0 Å². The van der Waals surface area contributed by atoms with Gasteiger partial charge in [-0.25, -0.2) is 0 Å². The lowest BCUT2D eigenvalue weighted by Gasteiger charge is -2.14. The number of carbonyl (C=O) groups is 1. The van der Waals surface area contributed by atoms with Gasteiger partial charge in [0.2, 0.25) is 0 Å². The van der Waals surface area contributed by atoms with Crippen LogP contribution in [0, 0.1) is 6.92 Å². The second-order valence-corrected chi connectivity index (χ2v) is 5.83. The SMILES string of the molecule is CCc1nc2ccccc2c(C(=O)Nc2cccc(Cl)c2)c1C. The molecule has 0 bridgehead atoms. The quantitative estimate of drug-likeness (QED) is 0.735. The van der Waals surface area contributed by atoms with E-state index in [1.54, 1.807) is 12.1 Å². The topological polar surface area (TPSA) is 42.0 Å². The van der Waals surface area contributed by atoms with Gasteiger partial charge in [0.15, 0.2) is 0 Å². The van der Waals surface area contributed by atoms with Gasteiger partial charge in [-0.1, -0.05) is 42.8 Å². The molecular weight excluding hydrogens is 308 g/mol. The minimum Gasteiger partial charge on any atom is -0.322 e. The molecule has 23 heavy (non-hydrogen) atoms. The van der Waals surface area contributed by atoms with E-state index in [1.807, 2.05) is 50.2 Å². The molecule has 0 atom stereocenters. The monoisotopic (exact) mass is 324 g/mol. The molecule has 2 aromatic carbocycles. The number of nitrogens with zero attached hydrogens (tertiary/aromatic N) is 1. The van der Waals surface area contributed by atoms with Crippen LogP contribution in [0.3, 0.4) is 0 Å². The average Bonchev–Trinajstić information content (AvgIpc) is 2.54. The van der Waals surface area contributed by atoms with Crippen LogP contribution in [0.1, 0.15) is 28.5 Å². The van der Waals surface area contributed by atoms with Gasteiger partial charge < -0.3 is 5.32 Å². The molecule has 4 heteroatoms. The van der Waals surface area contributed by atoms with Crippen LogP contribution in [0.4, 0.5) is 5.69 Å². The van der Waals surface area contributed by atoms with E-state index in [-0.39, 0.29) is 5.91 Å². The third kappa shape index (κ3) is 3.06. The molecule has 3 nitrogen and oxygen atoms in total. The summed E-state index contributed by atoms with van der Waals surface area (Å²) in [6, 6.07) is 14.9. The number of fused-ring (bicyclic) bond motifs is 1. The van der Waals surface area contributed by atoms with Crippen molar-refractivity contribution in [1.29, 1.82) is 0 Å². The Morgan fingerprint density at radius 1 is 1.17 bits per heavy atom. The van der Waals surface area contributed by atoms with Gasteiger partial charge >= 0.3 is 0 Å². The zero-order valence-electron chi connectivity index (χ0n) is 13.1. The Morgan fingerprint density at radius 3 is 2.70 bits per heavy atom. The molecular formula is C19H17ClN2O. The van der Waals surface area contributed by atoms with E-state index in [2.05, 4.69) is 10.3 Å². The standard InChI is InChI=1S/C19H17ClN2O/c1-3-16-12(2)18(15-9-4-5-10-17(15)22-16)19(23)21-14-8-6-7-13(20)11-14/h4-11H,3H2,1-2H3,(H,21,23). The molecule has 116 valence electrons. The predicted octanol–water partition coefficient (Wildman–Crippen LogP) is 5.01. The summed E-state index contributed by atoms with van der Waals surface area (Å²) in [7, 11) is 0. The molecule has 0 aliphatic rings. The van der Waals surface area contributed by atoms with Gasteiger partial charge in [0, 0.05) is 21.8 Å². The Balaban J connectivity index is 2.10. The van der Waals surface area contributed by atoms with Crippen molar-refractivity contribution in [3.05, 3.63) is 70.4 Å². The Bertz CT molecular complexity index is 890. The Labute approximate surface area is 140 Å². The first-order valence-corrected chi connectivity index (χ1v) is 7.93. The van der Waals surface area contributed by atoms with Crippen molar-refractivity contribution in [2.75, 3.05) is 5.32 Å². The molecule has 1 heterocycles. The van der Waals surface area contributed by atoms with Crippen molar-refractivity contribution < 1.29 is 4.79 Å². The number of para-hydroxylation sites is 1. The maximum absolute atomic E-state index is 12.8. The summed E-state index contributed by atoms with van der Waals surface area (Å²) in [6.45, 7) is 3.99. The van der Waals surface area contributed by atoms with E-state index in [1.165, 1.54) is 0 Å². The Morgan fingerprint density at radius 2 is 1.96 bits per heavy atom. The highest BCUT2D eigenvalue weighted by atomic mass is 35.5. The van der Waals surface area contributed by atoms with E-state index in [0.717, 1.165) is 28.6 Å². The van der Waals surface area contributed by atoms with Crippen molar-refractivity contribution >= 4 is 34.1 Å². The summed E-state index contributed by atoms with van der Waals surface area (Å²) in [4.78, 5) is 17.5. The van der Waals surface area contributed by atoms with Crippen LogP contribution in [0.5, 0.6) is 0 Å². The number of aryl methyl sites for hydroxylation is 1. The van der Waals surface area contributed by atoms with Gasteiger partial charge in [0.05, 0.1) is 11.1 Å².